The van der Waals surface area contributed by atoms with Gasteiger partial charge in [0.15, 0.2) is 0 Å². The van der Waals surface area contributed by atoms with E-state index in [9.17, 15) is 5.11 Å². The fraction of sp³-hybridized carbons (Fsp3) is 0.0588. The quantitative estimate of drug-likeness (QED) is 0.728. The van der Waals surface area contributed by atoms with Crippen LogP contribution in [-0.4, -0.2) is 21.0 Å². The van der Waals surface area contributed by atoms with E-state index in [4.69, 9.17) is 5.73 Å². The van der Waals surface area contributed by atoms with E-state index in [-0.39, 0.29) is 5.75 Å². The van der Waals surface area contributed by atoms with Crippen molar-refractivity contribution in [3.8, 4) is 17.0 Å². The molecule has 2 aromatic carbocycles. The second-order valence-electron chi connectivity index (χ2n) is 4.98. The second kappa shape index (κ2) is 5.73. The molecule has 22 heavy (non-hydrogen) atoms. The van der Waals surface area contributed by atoms with E-state index < -0.39 is 0 Å². The van der Waals surface area contributed by atoms with Crippen molar-refractivity contribution in [2.45, 2.75) is 6.92 Å². The van der Waals surface area contributed by atoms with Crippen molar-refractivity contribution in [1.29, 1.82) is 0 Å². The first kappa shape index (κ1) is 13.9. The Morgan fingerprint density at radius 2 is 1.86 bits per heavy atom. The molecule has 110 valence electrons. The standard InChI is InChI=1S/C17H16N4O/c1-12-6-8-13(9-7-12)15-11-19-17(18)21(15)20-10-14-4-2-3-5-16(14)22/h2-11,22H,1H3,(H2,18,19). The van der Waals surface area contributed by atoms with Crippen LogP contribution in [0.25, 0.3) is 11.3 Å². The molecule has 0 amide bonds. The average molecular weight is 292 g/mol. The van der Waals surface area contributed by atoms with Gasteiger partial charge in [0.25, 0.3) is 0 Å². The van der Waals surface area contributed by atoms with Crippen LogP contribution in [0.3, 0.4) is 0 Å². The van der Waals surface area contributed by atoms with Gasteiger partial charge in [0.1, 0.15) is 5.75 Å². The molecule has 0 fully saturated rings. The van der Waals surface area contributed by atoms with Gasteiger partial charge in [0.2, 0.25) is 5.95 Å². The van der Waals surface area contributed by atoms with Gasteiger partial charge in [-0.1, -0.05) is 42.0 Å². The zero-order valence-corrected chi connectivity index (χ0v) is 12.1. The molecule has 1 aromatic heterocycles. The minimum atomic E-state index is 0.168. The number of nitrogens with zero attached hydrogens (tertiary/aromatic N) is 3. The molecular formula is C17H16N4O. The zero-order chi connectivity index (χ0) is 15.5. The molecule has 0 aliphatic rings. The first-order valence-electron chi connectivity index (χ1n) is 6.88. The van der Waals surface area contributed by atoms with Gasteiger partial charge in [0.05, 0.1) is 18.1 Å². The Labute approximate surface area is 128 Å². The third-order valence-corrected chi connectivity index (χ3v) is 3.36. The molecule has 0 aliphatic carbocycles. The highest BCUT2D eigenvalue weighted by atomic mass is 16.3. The number of phenols is 1. The number of aromatic nitrogens is 2. The van der Waals surface area contributed by atoms with E-state index in [1.165, 1.54) is 5.56 Å². The number of aryl methyl sites for hydroxylation is 1. The van der Waals surface area contributed by atoms with Crippen LogP contribution in [0.4, 0.5) is 5.95 Å². The highest BCUT2D eigenvalue weighted by Crippen LogP contribution is 2.22. The normalized spacial score (nSPS) is 11.1. The lowest BCUT2D eigenvalue weighted by molar-refractivity contribution is 0.474. The summed E-state index contributed by atoms with van der Waals surface area (Å²) in [6.45, 7) is 2.03. The van der Waals surface area contributed by atoms with Crippen molar-refractivity contribution in [3.63, 3.8) is 0 Å². The number of nitrogens with two attached hydrogens (primary N) is 1. The summed E-state index contributed by atoms with van der Waals surface area (Å²) >= 11 is 0. The third-order valence-electron chi connectivity index (χ3n) is 3.36. The Morgan fingerprint density at radius 1 is 1.14 bits per heavy atom. The lowest BCUT2D eigenvalue weighted by Crippen LogP contribution is -2.00. The van der Waals surface area contributed by atoms with Crippen molar-refractivity contribution < 1.29 is 5.11 Å². The molecule has 0 radical (unpaired) electrons. The molecule has 1 heterocycles. The average Bonchev–Trinajstić information content (AvgIpc) is 2.88. The molecule has 0 atom stereocenters. The van der Waals surface area contributed by atoms with E-state index in [1.807, 2.05) is 37.3 Å². The predicted octanol–water partition coefficient (Wildman–Crippen LogP) is 3.03. The van der Waals surface area contributed by atoms with Crippen molar-refractivity contribution in [1.82, 2.24) is 9.66 Å². The SMILES string of the molecule is Cc1ccc(-c2cnc(N)n2N=Cc2ccccc2O)cc1. The molecule has 5 nitrogen and oxygen atoms in total. The van der Waals surface area contributed by atoms with E-state index in [1.54, 1.807) is 35.3 Å². The van der Waals surface area contributed by atoms with Gasteiger partial charge in [-0.3, -0.25) is 0 Å². The molecule has 3 N–H and O–H groups in total. The number of aromatic hydroxyl groups is 1. The summed E-state index contributed by atoms with van der Waals surface area (Å²) in [5.41, 5.74) is 9.46. The monoisotopic (exact) mass is 292 g/mol. The molecule has 3 aromatic rings. The maximum absolute atomic E-state index is 9.78. The maximum Gasteiger partial charge on any atom is 0.221 e. The summed E-state index contributed by atoms with van der Waals surface area (Å²) in [6, 6.07) is 15.0. The van der Waals surface area contributed by atoms with E-state index in [0.29, 0.717) is 11.5 Å². The summed E-state index contributed by atoms with van der Waals surface area (Å²) < 4.78 is 1.55. The summed E-state index contributed by atoms with van der Waals surface area (Å²) in [4.78, 5) is 4.11. The molecule has 0 saturated carbocycles. The van der Waals surface area contributed by atoms with Crippen LogP contribution < -0.4 is 5.73 Å². The summed E-state index contributed by atoms with van der Waals surface area (Å²) in [6.07, 6.45) is 3.24. The van der Waals surface area contributed by atoms with Crippen molar-refractivity contribution in [2.75, 3.05) is 5.73 Å². The zero-order valence-electron chi connectivity index (χ0n) is 12.1. The Balaban J connectivity index is 2.00. The van der Waals surface area contributed by atoms with E-state index in [0.717, 1.165) is 11.3 Å². The van der Waals surface area contributed by atoms with Crippen LogP contribution in [0.15, 0.2) is 59.8 Å². The number of imidazole rings is 1. The Hall–Kier alpha value is -3.08. The van der Waals surface area contributed by atoms with Crippen LogP contribution in [0.2, 0.25) is 0 Å². The summed E-state index contributed by atoms with van der Waals surface area (Å²) in [7, 11) is 0. The van der Waals surface area contributed by atoms with Gasteiger partial charge in [-0.15, -0.1) is 0 Å². The summed E-state index contributed by atoms with van der Waals surface area (Å²) in [5, 5.41) is 14.1. The van der Waals surface area contributed by atoms with Gasteiger partial charge in [0, 0.05) is 11.1 Å². The Bertz CT molecular complexity index is 819. The highest BCUT2D eigenvalue weighted by molar-refractivity contribution is 5.83. The first-order chi connectivity index (χ1) is 10.6. The molecule has 0 bridgehead atoms. The fourth-order valence-corrected chi connectivity index (χ4v) is 2.12. The maximum atomic E-state index is 9.78. The minimum Gasteiger partial charge on any atom is -0.507 e. The number of rotatable bonds is 3. The van der Waals surface area contributed by atoms with Crippen molar-refractivity contribution in [2.24, 2.45) is 5.10 Å². The molecule has 0 saturated heterocycles. The second-order valence-corrected chi connectivity index (χ2v) is 4.98. The predicted molar refractivity (Wildman–Crippen MR) is 87.9 cm³/mol. The van der Waals surface area contributed by atoms with Gasteiger partial charge in [-0.25, -0.2) is 4.98 Å². The Kier molecular flexibility index (Phi) is 3.62. The first-order valence-corrected chi connectivity index (χ1v) is 6.88. The van der Waals surface area contributed by atoms with E-state index >= 15 is 0 Å². The number of benzene rings is 2. The topological polar surface area (TPSA) is 76.4 Å². The molecule has 0 spiro atoms. The van der Waals surface area contributed by atoms with Crippen LogP contribution in [0.5, 0.6) is 5.75 Å². The lowest BCUT2D eigenvalue weighted by Gasteiger charge is -2.05. The Morgan fingerprint density at radius 3 is 2.59 bits per heavy atom. The summed E-state index contributed by atoms with van der Waals surface area (Å²) in [5.74, 6) is 0.462. The van der Waals surface area contributed by atoms with Gasteiger partial charge >= 0.3 is 0 Å². The van der Waals surface area contributed by atoms with Crippen LogP contribution >= 0.6 is 0 Å². The number of hydrogen-bond donors (Lipinski definition) is 2. The third kappa shape index (κ3) is 2.69. The van der Waals surface area contributed by atoms with Gasteiger partial charge < -0.3 is 10.8 Å². The van der Waals surface area contributed by atoms with Crippen LogP contribution in [0, 0.1) is 6.92 Å². The number of anilines is 1. The molecule has 3 rings (SSSR count). The van der Waals surface area contributed by atoms with Gasteiger partial charge in [-0.05, 0) is 19.1 Å². The molecular weight excluding hydrogens is 276 g/mol. The molecule has 0 unspecified atom stereocenters. The van der Waals surface area contributed by atoms with Crippen molar-refractivity contribution >= 4 is 12.2 Å². The molecule has 5 heteroatoms. The van der Waals surface area contributed by atoms with E-state index in [2.05, 4.69) is 10.1 Å². The van der Waals surface area contributed by atoms with Gasteiger partial charge in [-0.2, -0.15) is 9.78 Å². The van der Waals surface area contributed by atoms with Crippen molar-refractivity contribution in [3.05, 3.63) is 65.9 Å². The highest BCUT2D eigenvalue weighted by Gasteiger charge is 2.08. The number of nitrogen functional groups attached to an aromatic ring is 1. The number of phenolic OH excluding ortho intramolecular Hbond substituents is 1. The largest absolute Gasteiger partial charge is 0.507 e. The fourth-order valence-electron chi connectivity index (χ4n) is 2.12. The number of hydrogen-bond acceptors (Lipinski definition) is 4. The molecule has 0 aliphatic heterocycles. The smallest absolute Gasteiger partial charge is 0.221 e. The lowest BCUT2D eigenvalue weighted by atomic mass is 10.1. The number of para-hydroxylation sites is 1. The van der Waals surface area contributed by atoms with Crippen LogP contribution in [-0.2, 0) is 0 Å². The van der Waals surface area contributed by atoms with Crippen LogP contribution in [0.1, 0.15) is 11.1 Å². The minimum absolute atomic E-state index is 0.168.